The SMILES string of the molecule is NS(=O)(=O)C1=CN(c2ccccc2)C(O)C=C1. The van der Waals surface area contributed by atoms with Crippen LogP contribution in [0.25, 0.3) is 0 Å². The first-order chi connectivity index (χ1) is 7.98. The molecule has 0 spiro atoms. The smallest absolute Gasteiger partial charge is 0.239 e. The summed E-state index contributed by atoms with van der Waals surface area (Å²) in [5.41, 5.74) is 0.686. The molecule has 0 fully saturated rings. The third-order valence-corrected chi connectivity index (χ3v) is 3.27. The molecule has 1 aromatic carbocycles. The number of nitrogens with two attached hydrogens (primary N) is 1. The molecule has 2 rings (SSSR count). The Hall–Kier alpha value is -1.63. The average molecular weight is 252 g/mol. The van der Waals surface area contributed by atoms with E-state index in [1.165, 1.54) is 23.3 Å². The first kappa shape index (κ1) is 11.8. The van der Waals surface area contributed by atoms with Crippen LogP contribution in [0.1, 0.15) is 0 Å². The summed E-state index contributed by atoms with van der Waals surface area (Å²) in [4.78, 5) is 1.39. The molecule has 1 aliphatic heterocycles. The number of aliphatic hydroxyl groups is 1. The highest BCUT2D eigenvalue weighted by Crippen LogP contribution is 2.22. The summed E-state index contributed by atoms with van der Waals surface area (Å²) in [5, 5.41) is 14.8. The Morgan fingerprint density at radius 3 is 2.47 bits per heavy atom. The fraction of sp³-hybridized carbons (Fsp3) is 0.0909. The number of aliphatic hydroxyl groups excluding tert-OH is 1. The number of benzene rings is 1. The Labute approximate surface area is 99.5 Å². The lowest BCUT2D eigenvalue weighted by atomic mass is 10.2. The fourth-order valence-corrected chi connectivity index (χ4v) is 2.05. The van der Waals surface area contributed by atoms with Crippen LogP contribution in [0.4, 0.5) is 5.69 Å². The third kappa shape index (κ3) is 2.55. The summed E-state index contributed by atoms with van der Waals surface area (Å²) in [6, 6.07) is 8.95. The van der Waals surface area contributed by atoms with Crippen LogP contribution >= 0.6 is 0 Å². The van der Waals surface area contributed by atoms with Crippen LogP contribution in [-0.2, 0) is 10.0 Å². The van der Waals surface area contributed by atoms with Gasteiger partial charge >= 0.3 is 0 Å². The van der Waals surface area contributed by atoms with Crippen molar-refractivity contribution in [1.29, 1.82) is 0 Å². The van der Waals surface area contributed by atoms with Crippen LogP contribution in [0.5, 0.6) is 0 Å². The van der Waals surface area contributed by atoms with Crippen LogP contribution < -0.4 is 10.0 Å². The molecular weight excluding hydrogens is 240 g/mol. The lowest BCUT2D eigenvalue weighted by Crippen LogP contribution is -2.32. The zero-order chi connectivity index (χ0) is 12.5. The highest BCUT2D eigenvalue weighted by molar-refractivity contribution is 7.93. The second-order valence-electron chi connectivity index (χ2n) is 3.59. The van der Waals surface area contributed by atoms with Gasteiger partial charge in [-0.3, -0.25) is 0 Å². The molecule has 0 aliphatic carbocycles. The predicted octanol–water partition coefficient (Wildman–Crippen LogP) is 0.511. The number of hydrogen-bond acceptors (Lipinski definition) is 4. The number of hydrogen-bond donors (Lipinski definition) is 2. The van der Waals surface area contributed by atoms with E-state index in [0.29, 0.717) is 5.69 Å². The monoisotopic (exact) mass is 252 g/mol. The van der Waals surface area contributed by atoms with Gasteiger partial charge in [0.15, 0.2) is 0 Å². The maximum absolute atomic E-state index is 11.2. The van der Waals surface area contributed by atoms with Gasteiger partial charge in [-0.2, -0.15) is 0 Å². The van der Waals surface area contributed by atoms with Crippen LogP contribution in [0.2, 0.25) is 0 Å². The van der Waals surface area contributed by atoms with Crippen molar-refractivity contribution in [1.82, 2.24) is 0 Å². The van der Waals surface area contributed by atoms with Gasteiger partial charge in [-0.05, 0) is 24.3 Å². The van der Waals surface area contributed by atoms with Gasteiger partial charge in [0.25, 0.3) is 0 Å². The fourth-order valence-electron chi connectivity index (χ4n) is 1.53. The Morgan fingerprint density at radius 1 is 1.24 bits per heavy atom. The maximum atomic E-state index is 11.2. The summed E-state index contributed by atoms with van der Waals surface area (Å²) < 4.78 is 22.4. The van der Waals surface area contributed by atoms with Gasteiger partial charge in [0.1, 0.15) is 6.23 Å². The Balaban J connectivity index is 2.42. The Bertz CT molecular complexity index is 564. The van der Waals surface area contributed by atoms with Gasteiger partial charge < -0.3 is 10.0 Å². The lowest BCUT2D eigenvalue weighted by molar-refractivity contribution is 0.227. The van der Waals surface area contributed by atoms with E-state index >= 15 is 0 Å². The minimum Gasteiger partial charge on any atom is -0.370 e. The third-order valence-electron chi connectivity index (χ3n) is 2.37. The normalized spacial score (nSPS) is 20.2. The van der Waals surface area contributed by atoms with Crippen LogP contribution in [0, 0.1) is 0 Å². The van der Waals surface area contributed by atoms with E-state index in [4.69, 9.17) is 5.14 Å². The minimum absolute atomic E-state index is 0.0355. The number of anilines is 1. The lowest BCUT2D eigenvalue weighted by Gasteiger charge is -2.27. The molecule has 1 atom stereocenters. The molecule has 1 aliphatic rings. The van der Waals surface area contributed by atoms with Crippen LogP contribution in [0.3, 0.4) is 0 Å². The number of primary sulfonamides is 1. The van der Waals surface area contributed by atoms with Crippen molar-refractivity contribution < 1.29 is 13.5 Å². The summed E-state index contributed by atoms with van der Waals surface area (Å²) in [7, 11) is -3.77. The van der Waals surface area contributed by atoms with Gasteiger partial charge in [0.05, 0.1) is 4.91 Å². The van der Waals surface area contributed by atoms with Crippen molar-refractivity contribution in [2.75, 3.05) is 4.90 Å². The Morgan fingerprint density at radius 2 is 1.88 bits per heavy atom. The number of rotatable bonds is 2. The molecule has 0 bridgehead atoms. The van der Waals surface area contributed by atoms with Crippen molar-refractivity contribution in [3.8, 4) is 0 Å². The van der Waals surface area contributed by atoms with Crippen LogP contribution in [0.15, 0.2) is 53.6 Å². The molecule has 3 N–H and O–H groups in total. The van der Waals surface area contributed by atoms with E-state index in [-0.39, 0.29) is 4.91 Å². The first-order valence-corrected chi connectivity index (χ1v) is 6.47. The summed E-state index contributed by atoms with van der Waals surface area (Å²) in [6.07, 6.45) is 3.07. The molecule has 6 heteroatoms. The zero-order valence-corrected chi connectivity index (χ0v) is 9.71. The average Bonchev–Trinajstić information content (AvgIpc) is 2.29. The molecule has 0 radical (unpaired) electrons. The van der Waals surface area contributed by atoms with Gasteiger partial charge in [-0.25, -0.2) is 13.6 Å². The molecular formula is C11H12N2O3S. The van der Waals surface area contributed by atoms with Gasteiger partial charge in [-0.1, -0.05) is 18.2 Å². The number of allylic oxidation sites excluding steroid dienone is 1. The van der Waals surface area contributed by atoms with E-state index in [0.717, 1.165) is 0 Å². The van der Waals surface area contributed by atoms with Crippen molar-refractivity contribution in [3.05, 3.63) is 53.6 Å². The van der Waals surface area contributed by atoms with Gasteiger partial charge in [-0.15, -0.1) is 0 Å². The molecule has 1 aromatic rings. The molecule has 0 saturated heterocycles. The molecule has 90 valence electrons. The van der Waals surface area contributed by atoms with Gasteiger partial charge in [0.2, 0.25) is 10.0 Å². The van der Waals surface area contributed by atoms with Crippen molar-refractivity contribution in [2.24, 2.45) is 5.14 Å². The molecule has 0 saturated carbocycles. The van der Waals surface area contributed by atoms with E-state index in [9.17, 15) is 13.5 Å². The summed E-state index contributed by atoms with van der Waals surface area (Å²) in [5.74, 6) is 0. The highest BCUT2D eigenvalue weighted by Gasteiger charge is 2.20. The number of sulfonamides is 1. The topological polar surface area (TPSA) is 83.6 Å². The van der Waals surface area contributed by atoms with Crippen molar-refractivity contribution in [2.45, 2.75) is 6.23 Å². The zero-order valence-electron chi connectivity index (χ0n) is 8.89. The second kappa shape index (κ2) is 4.33. The van der Waals surface area contributed by atoms with Gasteiger partial charge in [0, 0.05) is 11.9 Å². The van der Waals surface area contributed by atoms with Crippen molar-refractivity contribution in [3.63, 3.8) is 0 Å². The molecule has 1 heterocycles. The molecule has 17 heavy (non-hydrogen) atoms. The predicted molar refractivity (Wildman–Crippen MR) is 65.3 cm³/mol. The molecule has 0 amide bonds. The van der Waals surface area contributed by atoms with E-state index in [1.807, 2.05) is 6.07 Å². The standard InChI is InChI=1S/C11H12N2O3S/c12-17(15,16)10-6-7-11(14)13(8-10)9-4-2-1-3-5-9/h1-8,11,14H,(H2,12,15,16). The van der Waals surface area contributed by atoms with E-state index in [1.54, 1.807) is 24.3 Å². The molecule has 1 unspecified atom stereocenters. The largest absolute Gasteiger partial charge is 0.370 e. The summed E-state index contributed by atoms with van der Waals surface area (Å²) >= 11 is 0. The van der Waals surface area contributed by atoms with Crippen molar-refractivity contribution >= 4 is 15.7 Å². The minimum atomic E-state index is -3.77. The molecule has 0 aromatic heterocycles. The highest BCUT2D eigenvalue weighted by atomic mass is 32.2. The van der Waals surface area contributed by atoms with Crippen LogP contribution in [-0.4, -0.2) is 19.8 Å². The van der Waals surface area contributed by atoms with E-state index < -0.39 is 16.3 Å². The maximum Gasteiger partial charge on any atom is 0.239 e. The van der Waals surface area contributed by atoms with E-state index in [2.05, 4.69) is 0 Å². The second-order valence-corrected chi connectivity index (χ2v) is 5.15. The summed E-state index contributed by atoms with van der Waals surface area (Å²) in [6.45, 7) is 0. The number of nitrogens with zero attached hydrogens (tertiary/aromatic N) is 1. The first-order valence-electron chi connectivity index (χ1n) is 4.93. The quantitative estimate of drug-likeness (QED) is 0.803. The molecule has 5 nitrogen and oxygen atoms in total. The Kier molecular flexibility index (Phi) is 3.01. The number of para-hydroxylation sites is 1.